The Kier molecular flexibility index (Phi) is 6.78. The molecule has 0 aromatic carbocycles. The molecule has 12 heteroatoms. The number of ether oxygens (including phenoxy) is 1. The Morgan fingerprint density at radius 2 is 2.24 bits per heavy atom. The molecular formula is C17H21ClF3N7O. The number of rotatable bonds is 6. The van der Waals surface area contributed by atoms with E-state index in [0.29, 0.717) is 25.2 Å². The molecule has 0 bridgehead atoms. The van der Waals surface area contributed by atoms with E-state index in [1.807, 2.05) is 11.6 Å². The number of fused-ring (bicyclic) bond motifs is 1. The van der Waals surface area contributed by atoms with Gasteiger partial charge in [-0.2, -0.15) is 18.3 Å². The van der Waals surface area contributed by atoms with Crippen LogP contribution in [0.1, 0.15) is 24.7 Å². The second-order valence-corrected chi connectivity index (χ2v) is 6.76. The van der Waals surface area contributed by atoms with Gasteiger partial charge in [-0.05, 0) is 19.4 Å². The van der Waals surface area contributed by atoms with Gasteiger partial charge in [0.15, 0.2) is 5.96 Å². The fourth-order valence-corrected chi connectivity index (χ4v) is 3.08. The van der Waals surface area contributed by atoms with E-state index in [9.17, 15) is 13.2 Å². The molecule has 2 aromatic rings. The Morgan fingerprint density at radius 3 is 2.97 bits per heavy atom. The summed E-state index contributed by atoms with van der Waals surface area (Å²) >= 11 is 5.83. The van der Waals surface area contributed by atoms with Crippen molar-refractivity contribution in [3.05, 3.63) is 35.0 Å². The van der Waals surface area contributed by atoms with E-state index in [2.05, 4.69) is 30.7 Å². The van der Waals surface area contributed by atoms with Crippen LogP contribution in [0, 0.1) is 0 Å². The Labute approximate surface area is 170 Å². The van der Waals surface area contributed by atoms with Crippen molar-refractivity contribution >= 4 is 17.6 Å². The lowest BCUT2D eigenvalue weighted by Crippen LogP contribution is -2.47. The number of pyridine rings is 1. The van der Waals surface area contributed by atoms with Gasteiger partial charge in [-0.1, -0.05) is 11.6 Å². The predicted molar refractivity (Wildman–Crippen MR) is 101 cm³/mol. The smallest absolute Gasteiger partial charge is 0.417 e. The highest BCUT2D eigenvalue weighted by Crippen LogP contribution is 2.33. The minimum Gasteiger partial charge on any atom is -0.475 e. The van der Waals surface area contributed by atoms with Crippen molar-refractivity contribution in [3.63, 3.8) is 0 Å². The van der Waals surface area contributed by atoms with E-state index in [-0.39, 0.29) is 30.1 Å². The van der Waals surface area contributed by atoms with Crippen molar-refractivity contribution in [1.29, 1.82) is 0 Å². The maximum atomic E-state index is 12.6. The highest BCUT2D eigenvalue weighted by molar-refractivity contribution is 6.31. The number of aryl methyl sites for hydroxylation is 1. The quantitative estimate of drug-likeness (QED) is 0.414. The van der Waals surface area contributed by atoms with Crippen molar-refractivity contribution in [3.8, 4) is 5.88 Å². The number of hydrogen-bond donors (Lipinski definition) is 2. The number of hydrogen-bond acceptors (Lipinski definition) is 5. The summed E-state index contributed by atoms with van der Waals surface area (Å²) in [7, 11) is 0. The van der Waals surface area contributed by atoms with Crippen LogP contribution in [0.3, 0.4) is 0 Å². The topological polar surface area (TPSA) is 89.2 Å². The van der Waals surface area contributed by atoms with E-state index in [1.165, 1.54) is 0 Å². The van der Waals surface area contributed by atoms with E-state index in [4.69, 9.17) is 16.3 Å². The summed E-state index contributed by atoms with van der Waals surface area (Å²) in [6, 6.07) is 0.953. The van der Waals surface area contributed by atoms with Gasteiger partial charge in [-0.25, -0.2) is 19.6 Å². The number of aliphatic imine (C=N–C) groups is 1. The molecule has 29 heavy (non-hydrogen) atoms. The molecule has 3 heterocycles. The van der Waals surface area contributed by atoms with Crippen LogP contribution < -0.4 is 15.4 Å². The molecule has 0 amide bonds. The van der Waals surface area contributed by atoms with Gasteiger partial charge in [0.2, 0.25) is 5.88 Å². The molecule has 1 atom stereocenters. The summed E-state index contributed by atoms with van der Waals surface area (Å²) in [4.78, 5) is 12.3. The standard InChI is InChI=1S/C17H21ClF3N7O/c1-2-22-16(27-12-3-4-14-25-10-26-28(14)9-12)23-5-6-29-15-13(18)7-11(8-24-15)17(19,20)21/h7-8,10,12H,2-6,9H2,1H3,(H2,22,23,27). The van der Waals surface area contributed by atoms with Crippen molar-refractivity contribution < 1.29 is 17.9 Å². The largest absolute Gasteiger partial charge is 0.475 e. The molecule has 3 rings (SSSR count). The number of alkyl halides is 3. The van der Waals surface area contributed by atoms with Gasteiger partial charge in [0, 0.05) is 25.2 Å². The van der Waals surface area contributed by atoms with Gasteiger partial charge in [-0.3, -0.25) is 0 Å². The molecule has 1 aliphatic rings. The van der Waals surface area contributed by atoms with Crippen molar-refractivity contribution in [1.82, 2.24) is 30.4 Å². The molecule has 158 valence electrons. The van der Waals surface area contributed by atoms with E-state index in [0.717, 1.165) is 24.7 Å². The average molecular weight is 432 g/mol. The van der Waals surface area contributed by atoms with Crippen LogP contribution in [0.25, 0.3) is 0 Å². The fourth-order valence-electron chi connectivity index (χ4n) is 2.86. The summed E-state index contributed by atoms with van der Waals surface area (Å²) in [5.74, 6) is 1.54. The molecule has 0 aliphatic carbocycles. The van der Waals surface area contributed by atoms with Gasteiger partial charge in [-0.15, -0.1) is 0 Å². The van der Waals surface area contributed by atoms with Crippen LogP contribution in [0.15, 0.2) is 23.6 Å². The third-order valence-electron chi connectivity index (χ3n) is 4.23. The summed E-state index contributed by atoms with van der Waals surface area (Å²) < 4.78 is 45.2. The lowest BCUT2D eigenvalue weighted by molar-refractivity contribution is -0.137. The first-order valence-electron chi connectivity index (χ1n) is 9.14. The van der Waals surface area contributed by atoms with Gasteiger partial charge < -0.3 is 15.4 Å². The molecule has 0 radical (unpaired) electrons. The van der Waals surface area contributed by atoms with Crippen LogP contribution in [-0.2, 0) is 19.1 Å². The Bertz CT molecular complexity index is 856. The van der Waals surface area contributed by atoms with Crippen molar-refractivity contribution in [2.75, 3.05) is 19.7 Å². The zero-order chi connectivity index (χ0) is 20.9. The number of halogens is 4. The molecule has 0 spiro atoms. The normalized spacial score (nSPS) is 17.0. The Hall–Kier alpha value is -2.56. The SMILES string of the molecule is CCNC(=NCCOc1ncc(C(F)(F)F)cc1Cl)NC1CCc2ncnn2C1. The first-order valence-corrected chi connectivity index (χ1v) is 9.51. The first kappa shape index (κ1) is 21.2. The highest BCUT2D eigenvalue weighted by Gasteiger charge is 2.31. The molecular weight excluding hydrogens is 411 g/mol. The van der Waals surface area contributed by atoms with Gasteiger partial charge in [0.05, 0.1) is 18.7 Å². The lowest BCUT2D eigenvalue weighted by Gasteiger charge is -2.25. The molecule has 0 saturated heterocycles. The second kappa shape index (κ2) is 9.29. The zero-order valence-electron chi connectivity index (χ0n) is 15.7. The fraction of sp³-hybridized carbons (Fsp3) is 0.529. The molecule has 0 saturated carbocycles. The highest BCUT2D eigenvalue weighted by atomic mass is 35.5. The van der Waals surface area contributed by atoms with E-state index in [1.54, 1.807) is 6.33 Å². The summed E-state index contributed by atoms with van der Waals surface area (Å²) in [5, 5.41) is 10.5. The monoisotopic (exact) mass is 431 g/mol. The molecule has 1 unspecified atom stereocenters. The van der Waals surface area contributed by atoms with Gasteiger partial charge >= 0.3 is 6.18 Å². The van der Waals surface area contributed by atoms with Crippen LogP contribution >= 0.6 is 11.6 Å². The van der Waals surface area contributed by atoms with Crippen LogP contribution in [-0.4, -0.2) is 51.4 Å². The molecule has 8 nitrogen and oxygen atoms in total. The zero-order valence-corrected chi connectivity index (χ0v) is 16.5. The van der Waals surface area contributed by atoms with Crippen LogP contribution in [0.4, 0.5) is 13.2 Å². The third-order valence-corrected chi connectivity index (χ3v) is 4.50. The number of nitrogens with zero attached hydrogens (tertiary/aromatic N) is 5. The summed E-state index contributed by atoms with van der Waals surface area (Å²) in [5.41, 5.74) is -0.922. The number of guanidine groups is 1. The maximum absolute atomic E-state index is 12.6. The third kappa shape index (κ3) is 5.72. The molecule has 2 aromatic heterocycles. The summed E-state index contributed by atoms with van der Waals surface area (Å²) in [6.45, 7) is 3.72. The minimum atomic E-state index is -4.50. The van der Waals surface area contributed by atoms with Crippen molar-refractivity contribution in [2.24, 2.45) is 4.99 Å². The first-order chi connectivity index (χ1) is 13.9. The lowest BCUT2D eigenvalue weighted by atomic mass is 10.1. The maximum Gasteiger partial charge on any atom is 0.417 e. The summed E-state index contributed by atoms with van der Waals surface area (Å²) in [6.07, 6.45) is -0.521. The van der Waals surface area contributed by atoms with Gasteiger partial charge in [0.25, 0.3) is 0 Å². The van der Waals surface area contributed by atoms with E-state index >= 15 is 0 Å². The Morgan fingerprint density at radius 1 is 1.41 bits per heavy atom. The van der Waals surface area contributed by atoms with E-state index < -0.39 is 11.7 Å². The van der Waals surface area contributed by atoms with Crippen LogP contribution in [0.2, 0.25) is 5.02 Å². The molecule has 1 aliphatic heterocycles. The minimum absolute atomic E-state index is 0.0566. The van der Waals surface area contributed by atoms with Crippen molar-refractivity contribution in [2.45, 2.75) is 38.5 Å². The van der Waals surface area contributed by atoms with Crippen LogP contribution in [0.5, 0.6) is 5.88 Å². The second-order valence-electron chi connectivity index (χ2n) is 6.36. The predicted octanol–water partition coefficient (Wildman–Crippen LogP) is 2.29. The molecule has 0 fully saturated rings. The number of aromatic nitrogens is 4. The molecule has 2 N–H and O–H groups in total. The number of nitrogens with one attached hydrogen (secondary N) is 2. The van der Waals surface area contributed by atoms with Gasteiger partial charge in [0.1, 0.15) is 23.8 Å². The Balaban J connectivity index is 1.52. The average Bonchev–Trinajstić information content (AvgIpc) is 3.13.